The van der Waals surface area contributed by atoms with E-state index in [2.05, 4.69) is 0 Å². The molecule has 0 heterocycles. The van der Waals surface area contributed by atoms with Gasteiger partial charge in [0, 0.05) is 0 Å². The number of rotatable bonds is 0. The van der Waals surface area contributed by atoms with Gasteiger partial charge in [-0.1, -0.05) is 0 Å². The van der Waals surface area contributed by atoms with Gasteiger partial charge >= 0.3 is 10.1 Å². The van der Waals surface area contributed by atoms with Crippen LogP contribution in [0.15, 0.2) is 0 Å². The minimum atomic E-state index is -1.75. The van der Waals surface area contributed by atoms with Gasteiger partial charge in [0.25, 0.3) is 0 Å². The summed E-state index contributed by atoms with van der Waals surface area (Å²) in [4.78, 5) is 8.25. The van der Waals surface area contributed by atoms with Crippen LogP contribution in [0.1, 0.15) is 0 Å². The summed E-state index contributed by atoms with van der Waals surface area (Å²) in [5.74, 6) is 0. The third kappa shape index (κ3) is 168. The third-order valence-electron chi connectivity index (χ3n) is 0. The van der Waals surface area contributed by atoms with Crippen LogP contribution in [0.25, 0.3) is 0 Å². The van der Waals surface area contributed by atoms with Crippen LogP contribution in [0.3, 0.4) is 0 Å². The Morgan fingerprint density at radius 2 is 1.00 bits per heavy atom. The molecule has 8 heavy (non-hydrogen) atoms. The van der Waals surface area contributed by atoms with Crippen LogP contribution in [0.5, 0.6) is 0 Å². The Labute approximate surface area is 48.2 Å². The monoisotopic (exact) mass is 125 g/mol. The molecule has 0 aromatic rings. The van der Waals surface area contributed by atoms with Gasteiger partial charge in [-0.2, -0.15) is 0 Å². The smallest absolute Gasteiger partial charge is 0.412 e. The van der Waals surface area contributed by atoms with Gasteiger partial charge in [0.15, 0.2) is 0 Å². The van der Waals surface area contributed by atoms with Gasteiger partial charge in [0.05, 0.1) is 5.09 Å². The van der Waals surface area contributed by atoms with E-state index in [4.69, 9.17) is 15.3 Å². The molecule has 0 saturated carbocycles. The van der Waals surface area contributed by atoms with Gasteiger partial charge < -0.3 is 31.8 Å². The molecule has 0 aliphatic heterocycles. The molecule has 0 unspecified atom stereocenters. The molecule has 0 aliphatic carbocycles. The number of nitrogens with zero attached hydrogens (tertiary/aromatic N) is 1. The quantitative estimate of drug-likeness (QED) is 0.191. The predicted molar refractivity (Wildman–Crippen MR) is 27.0 cm³/mol. The molecule has 0 amide bonds. The fourth-order valence-electron chi connectivity index (χ4n) is 0. The van der Waals surface area contributed by atoms with Gasteiger partial charge in [-0.25, -0.2) is 0 Å². The Bertz CT molecular complexity index is 31.5. The van der Waals surface area contributed by atoms with E-state index in [0.29, 0.717) is 0 Å². The van der Waals surface area contributed by atoms with Crippen molar-refractivity contribution in [3.05, 3.63) is 15.3 Å². The van der Waals surface area contributed by atoms with Crippen LogP contribution in [-0.4, -0.2) is 31.6 Å². The average Bonchev–Trinajstić information content (AvgIpc) is 0.811. The Balaban J connectivity index is -0.00000000750. The standard InChI is InChI=1S/Be.NO3.3H2O/c;2-1(3)4;;;/h;;3*1H2/q+2;-1;;;. The second-order valence-corrected chi connectivity index (χ2v) is 0.224. The van der Waals surface area contributed by atoms with Gasteiger partial charge in [-0.05, 0) is 0 Å². The minimum Gasteiger partial charge on any atom is -0.412 e. The summed E-state index contributed by atoms with van der Waals surface area (Å²) in [5, 5.41) is 14.8. The van der Waals surface area contributed by atoms with Crippen molar-refractivity contribution in [1.29, 1.82) is 0 Å². The summed E-state index contributed by atoms with van der Waals surface area (Å²) in [5.41, 5.74) is 0. The molecule has 8 heteroatoms. The third-order valence-corrected chi connectivity index (χ3v) is 0. The van der Waals surface area contributed by atoms with Crippen molar-refractivity contribution in [2.45, 2.75) is 0 Å². The molecule has 0 saturated heterocycles. The summed E-state index contributed by atoms with van der Waals surface area (Å²) < 4.78 is 0. The minimum absolute atomic E-state index is 0. The molecule has 0 aliphatic rings. The van der Waals surface area contributed by atoms with Crippen LogP contribution in [0, 0.1) is 15.3 Å². The molecule has 48 valence electrons. The van der Waals surface area contributed by atoms with E-state index in [-0.39, 0.29) is 26.5 Å². The molecule has 0 aromatic carbocycles. The van der Waals surface area contributed by atoms with E-state index < -0.39 is 5.09 Å². The van der Waals surface area contributed by atoms with Gasteiger partial charge in [0.2, 0.25) is 0 Å². The van der Waals surface area contributed by atoms with Crippen molar-refractivity contribution in [2.75, 3.05) is 0 Å². The Morgan fingerprint density at radius 3 is 1.00 bits per heavy atom. The van der Waals surface area contributed by atoms with Crippen molar-refractivity contribution < 1.29 is 21.5 Å². The first-order valence-electron chi connectivity index (χ1n) is 0.548. The largest absolute Gasteiger partial charge is 2.00 e. The summed E-state index contributed by atoms with van der Waals surface area (Å²) >= 11 is 0. The van der Waals surface area contributed by atoms with E-state index in [9.17, 15) is 0 Å². The summed E-state index contributed by atoms with van der Waals surface area (Å²) in [6.45, 7) is 0. The molecule has 0 rings (SSSR count). The molecule has 0 atom stereocenters. The maximum absolute atomic E-state index is 8.25. The zero-order chi connectivity index (χ0) is 3.58. The van der Waals surface area contributed by atoms with Gasteiger partial charge in [-0.15, -0.1) is 0 Å². The molecular formula is H6BeNO6+. The van der Waals surface area contributed by atoms with Gasteiger partial charge in [-0.3, -0.25) is 0 Å². The van der Waals surface area contributed by atoms with Crippen LogP contribution in [0.4, 0.5) is 0 Å². The summed E-state index contributed by atoms with van der Waals surface area (Å²) in [7, 11) is 0. The van der Waals surface area contributed by atoms with E-state index in [1.807, 2.05) is 0 Å². The molecule has 0 bridgehead atoms. The van der Waals surface area contributed by atoms with Gasteiger partial charge in [0.1, 0.15) is 0 Å². The zero-order valence-corrected chi connectivity index (χ0v) is 3.88. The molecule has 6 N–H and O–H groups in total. The van der Waals surface area contributed by atoms with Crippen LogP contribution < -0.4 is 0 Å². The topological polar surface area (TPSA) is 161 Å². The van der Waals surface area contributed by atoms with Crippen molar-refractivity contribution in [3.8, 4) is 0 Å². The molecule has 0 aromatic heterocycles. The second-order valence-electron chi connectivity index (χ2n) is 0.224. The fraction of sp³-hybridized carbons (Fsp3) is 0. The summed E-state index contributed by atoms with van der Waals surface area (Å²) in [6.07, 6.45) is 0. The molecule has 0 spiro atoms. The zero-order valence-electron chi connectivity index (χ0n) is 3.88. The van der Waals surface area contributed by atoms with E-state index in [1.165, 1.54) is 0 Å². The Hall–Kier alpha value is -0.751. The Morgan fingerprint density at radius 1 is 1.00 bits per heavy atom. The number of hydrogen-bond donors (Lipinski definition) is 0. The van der Waals surface area contributed by atoms with E-state index in [0.717, 1.165) is 0 Å². The average molecular weight is 125 g/mol. The maximum atomic E-state index is 8.25. The summed E-state index contributed by atoms with van der Waals surface area (Å²) in [6, 6.07) is 0. The first kappa shape index (κ1) is 56.0. The fourth-order valence-corrected chi connectivity index (χ4v) is 0. The second kappa shape index (κ2) is 34.0. The van der Waals surface area contributed by atoms with Crippen molar-refractivity contribution in [2.24, 2.45) is 0 Å². The molecule has 0 fully saturated rings. The maximum Gasteiger partial charge on any atom is 2.00 e. The SMILES string of the molecule is O.O.O.O=[N+]([O-])[O-].[Be+2]. The van der Waals surface area contributed by atoms with Crippen LogP contribution in [-0.2, 0) is 0 Å². The normalized spacial score (nSPS) is 3.00. The first-order chi connectivity index (χ1) is 1.73. The Kier molecular flexibility index (Phi) is 238. The van der Waals surface area contributed by atoms with Crippen molar-refractivity contribution in [3.63, 3.8) is 0 Å². The molecular weight excluding hydrogens is 119 g/mol. The van der Waals surface area contributed by atoms with Crippen LogP contribution >= 0.6 is 0 Å². The van der Waals surface area contributed by atoms with E-state index in [1.54, 1.807) is 0 Å². The number of hydrogen-bond acceptors (Lipinski definition) is 3. The van der Waals surface area contributed by atoms with Crippen molar-refractivity contribution in [1.82, 2.24) is 0 Å². The molecule has 7 nitrogen and oxygen atoms in total. The van der Waals surface area contributed by atoms with Crippen molar-refractivity contribution >= 4 is 10.1 Å². The van der Waals surface area contributed by atoms with Crippen LogP contribution in [0.2, 0.25) is 0 Å². The molecule has 0 radical (unpaired) electrons. The first-order valence-corrected chi connectivity index (χ1v) is 0.548. The predicted octanol–water partition coefficient (Wildman–Crippen LogP) is -3.09. The van der Waals surface area contributed by atoms with E-state index >= 15 is 0 Å².